The average Bonchev–Trinajstić information content (AvgIpc) is 3.36. The van der Waals surface area contributed by atoms with Crippen molar-refractivity contribution in [2.75, 3.05) is 26.6 Å². The molecular formula is C14H20N2O3S2. The summed E-state index contributed by atoms with van der Waals surface area (Å²) in [5, 5.41) is 0. The maximum atomic E-state index is 11.8. The number of nitrogens with zero attached hydrogens (tertiary/aromatic N) is 2. The van der Waals surface area contributed by atoms with E-state index >= 15 is 0 Å². The number of carbonyl (C=O) groups excluding carboxylic acids is 3. The Kier molecular flexibility index (Phi) is 3.56. The summed E-state index contributed by atoms with van der Waals surface area (Å²) in [4.78, 5) is 36.8. The van der Waals surface area contributed by atoms with Gasteiger partial charge in [-0.2, -0.15) is 0 Å². The first-order valence-electron chi connectivity index (χ1n) is 7.07. The van der Waals surface area contributed by atoms with Gasteiger partial charge in [-0.25, -0.2) is 0 Å². The molecule has 4 atom stereocenters. The van der Waals surface area contributed by atoms with Crippen molar-refractivity contribution in [3.05, 3.63) is 0 Å². The molecule has 0 aromatic rings. The van der Waals surface area contributed by atoms with Crippen LogP contribution in [0.15, 0.2) is 0 Å². The quantitative estimate of drug-likeness (QED) is 0.551. The largest absolute Gasteiger partial charge is 0.340 e. The van der Waals surface area contributed by atoms with Crippen LogP contribution in [0.25, 0.3) is 0 Å². The van der Waals surface area contributed by atoms with Gasteiger partial charge in [0.15, 0.2) is 0 Å². The summed E-state index contributed by atoms with van der Waals surface area (Å²) in [5.41, 5.74) is 0. The van der Waals surface area contributed by atoms with Crippen molar-refractivity contribution in [1.29, 1.82) is 0 Å². The molecule has 21 heavy (non-hydrogen) atoms. The summed E-state index contributed by atoms with van der Waals surface area (Å²) in [7, 11) is 3.62. The molecule has 4 aliphatic rings. The van der Waals surface area contributed by atoms with E-state index in [2.05, 4.69) is 0 Å². The van der Waals surface area contributed by atoms with E-state index in [0.717, 1.165) is 6.42 Å². The molecule has 0 spiro atoms. The Morgan fingerprint density at radius 3 is 1.86 bits per heavy atom. The lowest BCUT2D eigenvalue weighted by molar-refractivity contribution is -0.141. The van der Waals surface area contributed by atoms with Crippen LogP contribution in [-0.4, -0.2) is 70.2 Å². The standard InChI is InChI=1S/C8H13NOS2.C6H7NO2/c1-9-6-4-5(6)8(11-2,12-3)7(9)10;1-7-4-2-3(4)5(8)6(7)9/h5-6H,4H2,1-3H3;3-4H,2H2,1H3. The number of hydrogen-bond acceptors (Lipinski definition) is 5. The number of piperidine rings is 2. The molecule has 2 heterocycles. The molecule has 2 aliphatic carbocycles. The van der Waals surface area contributed by atoms with Crippen molar-refractivity contribution < 1.29 is 14.4 Å². The van der Waals surface area contributed by atoms with Gasteiger partial charge in [-0.3, -0.25) is 14.4 Å². The maximum absolute atomic E-state index is 11.8. The van der Waals surface area contributed by atoms with Crippen LogP contribution in [0.5, 0.6) is 0 Å². The highest BCUT2D eigenvalue weighted by atomic mass is 32.2. The van der Waals surface area contributed by atoms with E-state index in [-0.39, 0.29) is 27.7 Å². The lowest BCUT2D eigenvalue weighted by atomic mass is 10.3. The molecule has 0 aromatic heterocycles. The molecule has 5 nitrogen and oxygen atoms in total. The van der Waals surface area contributed by atoms with Crippen molar-refractivity contribution >= 4 is 41.1 Å². The minimum Gasteiger partial charge on any atom is -0.340 e. The summed E-state index contributed by atoms with van der Waals surface area (Å²) < 4.78 is -0.139. The highest BCUT2D eigenvalue weighted by Gasteiger charge is 2.66. The van der Waals surface area contributed by atoms with Crippen molar-refractivity contribution in [2.24, 2.45) is 11.8 Å². The number of likely N-dealkylation sites (N-methyl/N-ethyl adjacent to an activating group) is 1. The lowest BCUT2D eigenvalue weighted by Crippen LogP contribution is -2.37. The third-order valence-electron chi connectivity index (χ3n) is 5.09. The first-order chi connectivity index (χ1) is 9.89. The Bertz CT molecular complexity index is 514. The minimum absolute atomic E-state index is 0.0718. The lowest BCUT2D eigenvalue weighted by Gasteiger charge is -2.26. The molecule has 4 rings (SSSR count). The average molecular weight is 328 g/mol. The Hall–Kier alpha value is -0.690. The van der Waals surface area contributed by atoms with Crippen LogP contribution in [0, 0.1) is 11.8 Å². The van der Waals surface area contributed by atoms with E-state index in [9.17, 15) is 14.4 Å². The second-order valence-corrected chi connectivity index (χ2v) is 8.45. The molecule has 2 saturated carbocycles. The van der Waals surface area contributed by atoms with Crippen LogP contribution in [0.1, 0.15) is 12.8 Å². The van der Waals surface area contributed by atoms with Gasteiger partial charge in [0.25, 0.3) is 5.91 Å². The van der Waals surface area contributed by atoms with Crippen LogP contribution in [0.2, 0.25) is 0 Å². The number of rotatable bonds is 2. The monoisotopic (exact) mass is 328 g/mol. The van der Waals surface area contributed by atoms with Gasteiger partial charge >= 0.3 is 0 Å². The molecule has 2 amide bonds. The number of likely N-dealkylation sites (tertiary alicyclic amines) is 2. The van der Waals surface area contributed by atoms with Crippen LogP contribution in [-0.2, 0) is 14.4 Å². The number of thioether (sulfide) groups is 2. The molecule has 7 heteroatoms. The Labute approximate surface area is 133 Å². The van der Waals surface area contributed by atoms with Crippen molar-refractivity contribution in [2.45, 2.75) is 29.0 Å². The van der Waals surface area contributed by atoms with E-state index in [4.69, 9.17) is 0 Å². The number of carbonyl (C=O) groups is 3. The van der Waals surface area contributed by atoms with E-state index in [1.807, 2.05) is 24.5 Å². The summed E-state index contributed by atoms with van der Waals surface area (Å²) >= 11 is 3.43. The van der Waals surface area contributed by atoms with E-state index in [1.54, 1.807) is 35.5 Å². The highest BCUT2D eigenvalue weighted by molar-refractivity contribution is 8.18. The minimum atomic E-state index is -0.295. The fraction of sp³-hybridized carbons (Fsp3) is 0.786. The predicted molar refractivity (Wildman–Crippen MR) is 84.1 cm³/mol. The SMILES string of the molecule is CN1C(=O)C(=O)C2CC21.CSC1(SC)C(=O)N(C)C2CC21. The third-order valence-corrected chi connectivity index (χ3v) is 8.26. The second-order valence-electron chi connectivity index (χ2n) is 6.09. The number of Topliss-reactive ketones (excluding diaryl/α,β-unsaturated/α-hetero) is 1. The molecule has 4 unspecified atom stereocenters. The molecule has 0 radical (unpaired) electrons. The van der Waals surface area contributed by atoms with E-state index in [1.165, 1.54) is 6.42 Å². The zero-order valence-electron chi connectivity index (χ0n) is 12.7. The van der Waals surface area contributed by atoms with Crippen LogP contribution in [0.3, 0.4) is 0 Å². The van der Waals surface area contributed by atoms with Gasteiger partial charge in [-0.15, -0.1) is 23.5 Å². The van der Waals surface area contributed by atoms with Gasteiger partial charge in [0.05, 0.1) is 0 Å². The molecule has 0 bridgehead atoms. The molecule has 0 aromatic carbocycles. The van der Waals surface area contributed by atoms with Crippen LogP contribution in [0.4, 0.5) is 0 Å². The van der Waals surface area contributed by atoms with Crippen molar-refractivity contribution in [3.8, 4) is 0 Å². The third kappa shape index (κ3) is 2.04. The van der Waals surface area contributed by atoms with Crippen LogP contribution >= 0.6 is 23.5 Å². The highest BCUT2D eigenvalue weighted by Crippen LogP contribution is 2.60. The summed E-state index contributed by atoms with van der Waals surface area (Å²) in [5.74, 6) is 0.532. The van der Waals surface area contributed by atoms with Gasteiger partial charge in [0, 0.05) is 38.0 Å². The number of amides is 2. The van der Waals surface area contributed by atoms with E-state index in [0.29, 0.717) is 17.9 Å². The van der Waals surface area contributed by atoms with Gasteiger partial charge in [0.1, 0.15) is 4.08 Å². The first kappa shape index (κ1) is 15.2. The van der Waals surface area contributed by atoms with Crippen LogP contribution < -0.4 is 0 Å². The van der Waals surface area contributed by atoms with Crippen molar-refractivity contribution in [3.63, 3.8) is 0 Å². The number of hydrogen-bond donors (Lipinski definition) is 0. The maximum Gasteiger partial charge on any atom is 0.290 e. The molecule has 0 N–H and O–H groups in total. The Morgan fingerprint density at radius 2 is 1.62 bits per heavy atom. The summed E-state index contributed by atoms with van der Waals surface area (Å²) in [6.45, 7) is 0. The fourth-order valence-electron chi connectivity index (χ4n) is 3.51. The number of fused-ring (bicyclic) bond motifs is 2. The van der Waals surface area contributed by atoms with Gasteiger partial charge < -0.3 is 9.80 Å². The molecule has 2 aliphatic heterocycles. The zero-order valence-corrected chi connectivity index (χ0v) is 14.3. The zero-order chi connectivity index (χ0) is 15.5. The summed E-state index contributed by atoms with van der Waals surface area (Å²) in [6, 6.07) is 0.822. The number of ketones is 1. The Morgan fingerprint density at radius 1 is 1.00 bits per heavy atom. The van der Waals surface area contributed by atoms with Gasteiger partial charge in [-0.1, -0.05) is 0 Å². The van der Waals surface area contributed by atoms with E-state index < -0.39 is 0 Å². The first-order valence-corrected chi connectivity index (χ1v) is 9.52. The topological polar surface area (TPSA) is 57.7 Å². The fourth-order valence-corrected chi connectivity index (χ4v) is 5.92. The summed E-state index contributed by atoms with van der Waals surface area (Å²) in [6.07, 6.45) is 6.21. The van der Waals surface area contributed by atoms with Gasteiger partial charge in [0.2, 0.25) is 11.7 Å². The predicted octanol–water partition coefficient (Wildman–Crippen LogP) is 0.685. The Balaban J connectivity index is 0.000000131. The molecule has 4 fully saturated rings. The smallest absolute Gasteiger partial charge is 0.290 e. The van der Waals surface area contributed by atoms with Gasteiger partial charge in [-0.05, 0) is 25.4 Å². The molecule has 116 valence electrons. The normalized spacial score (nSPS) is 38.0. The molecular weight excluding hydrogens is 308 g/mol. The van der Waals surface area contributed by atoms with Crippen molar-refractivity contribution in [1.82, 2.24) is 9.80 Å². The molecule has 2 saturated heterocycles. The second kappa shape index (κ2) is 4.91.